The third-order valence-electron chi connectivity index (χ3n) is 2.73. The number of anilines is 1. The van der Waals surface area contributed by atoms with Crippen molar-refractivity contribution in [1.29, 1.82) is 0 Å². The van der Waals surface area contributed by atoms with Crippen LogP contribution in [0.25, 0.3) is 0 Å². The summed E-state index contributed by atoms with van der Waals surface area (Å²) in [5.74, 6) is -1.30. The minimum atomic E-state index is -0.678. The van der Waals surface area contributed by atoms with Gasteiger partial charge in [0.15, 0.2) is 6.61 Å². The Kier molecular flexibility index (Phi) is 5.78. The van der Waals surface area contributed by atoms with Crippen molar-refractivity contribution >= 4 is 50.5 Å². The standard InChI is InChI=1S/C13H12BrFN2O4S/c14-8-1-2-10(9(15)5-8)16-11(18)7-21-12(19)6-17-3-4-22-13(17)20/h1-2,5H,3-4,6-7H2,(H,16,18). The van der Waals surface area contributed by atoms with E-state index in [1.54, 1.807) is 6.07 Å². The molecule has 1 heterocycles. The summed E-state index contributed by atoms with van der Waals surface area (Å²) in [7, 11) is 0. The van der Waals surface area contributed by atoms with Gasteiger partial charge in [-0.2, -0.15) is 0 Å². The molecule has 0 atom stereocenters. The van der Waals surface area contributed by atoms with E-state index in [9.17, 15) is 18.8 Å². The third-order valence-corrected chi connectivity index (χ3v) is 4.12. The molecule has 1 saturated heterocycles. The van der Waals surface area contributed by atoms with Crippen molar-refractivity contribution in [3.8, 4) is 0 Å². The molecule has 2 rings (SSSR count). The van der Waals surface area contributed by atoms with E-state index in [0.29, 0.717) is 16.8 Å². The summed E-state index contributed by atoms with van der Waals surface area (Å²) in [4.78, 5) is 35.8. The minimum Gasteiger partial charge on any atom is -0.454 e. The monoisotopic (exact) mass is 390 g/mol. The fourth-order valence-corrected chi connectivity index (χ4v) is 2.85. The van der Waals surface area contributed by atoms with Gasteiger partial charge in [0.2, 0.25) is 0 Å². The Morgan fingerprint density at radius 3 is 2.86 bits per heavy atom. The predicted molar refractivity (Wildman–Crippen MR) is 83.1 cm³/mol. The molecule has 1 N–H and O–H groups in total. The molecule has 0 bridgehead atoms. The number of carbonyl (C=O) groups excluding carboxylic acids is 3. The second-order valence-corrected chi connectivity index (χ2v) is 6.33. The van der Waals surface area contributed by atoms with E-state index in [4.69, 9.17) is 4.74 Å². The maximum Gasteiger partial charge on any atom is 0.326 e. The van der Waals surface area contributed by atoms with E-state index < -0.39 is 24.3 Å². The first-order valence-electron chi connectivity index (χ1n) is 6.28. The molecule has 0 aliphatic carbocycles. The van der Waals surface area contributed by atoms with Crippen molar-refractivity contribution in [2.45, 2.75) is 0 Å². The smallest absolute Gasteiger partial charge is 0.326 e. The number of esters is 1. The molecule has 22 heavy (non-hydrogen) atoms. The zero-order chi connectivity index (χ0) is 16.1. The van der Waals surface area contributed by atoms with Crippen LogP contribution in [0.4, 0.5) is 14.9 Å². The predicted octanol–water partition coefficient (Wildman–Crippen LogP) is 2.24. The molecule has 9 heteroatoms. The van der Waals surface area contributed by atoms with Crippen molar-refractivity contribution in [2.24, 2.45) is 0 Å². The second-order valence-electron chi connectivity index (χ2n) is 4.37. The summed E-state index contributed by atoms with van der Waals surface area (Å²) in [5.41, 5.74) is -0.00429. The molecule has 6 nitrogen and oxygen atoms in total. The van der Waals surface area contributed by atoms with Crippen LogP contribution in [0.15, 0.2) is 22.7 Å². The van der Waals surface area contributed by atoms with Crippen molar-refractivity contribution in [3.05, 3.63) is 28.5 Å². The molecule has 0 aromatic heterocycles. The van der Waals surface area contributed by atoms with Gasteiger partial charge in [-0.15, -0.1) is 0 Å². The molecular weight excluding hydrogens is 379 g/mol. The van der Waals surface area contributed by atoms with E-state index in [1.165, 1.54) is 17.0 Å². The fraction of sp³-hybridized carbons (Fsp3) is 0.308. The van der Waals surface area contributed by atoms with Crippen molar-refractivity contribution in [2.75, 3.05) is 30.8 Å². The molecule has 1 aliphatic heterocycles. The summed E-state index contributed by atoms with van der Waals surface area (Å²) in [5, 5.41) is 2.12. The highest BCUT2D eigenvalue weighted by Gasteiger charge is 2.24. The summed E-state index contributed by atoms with van der Waals surface area (Å²) < 4.78 is 18.8. The maximum atomic E-state index is 13.5. The van der Waals surface area contributed by atoms with Crippen LogP contribution in [-0.2, 0) is 14.3 Å². The Labute approximate surface area is 138 Å². The molecular formula is C13H12BrFN2O4S. The summed E-state index contributed by atoms with van der Waals surface area (Å²) in [6.45, 7) is -0.246. The lowest BCUT2D eigenvalue weighted by molar-refractivity contribution is -0.147. The lowest BCUT2D eigenvalue weighted by Crippen LogP contribution is -2.32. The van der Waals surface area contributed by atoms with Gasteiger partial charge in [-0.05, 0) is 18.2 Å². The van der Waals surface area contributed by atoms with Crippen LogP contribution in [-0.4, -0.2) is 47.5 Å². The SMILES string of the molecule is O=C(COC(=O)CN1CCSC1=O)Nc1ccc(Br)cc1F. The number of rotatable bonds is 5. The molecule has 0 unspecified atom stereocenters. The lowest BCUT2D eigenvalue weighted by Gasteiger charge is -2.13. The van der Waals surface area contributed by atoms with Gasteiger partial charge in [0, 0.05) is 16.8 Å². The van der Waals surface area contributed by atoms with Gasteiger partial charge in [-0.25, -0.2) is 4.39 Å². The van der Waals surface area contributed by atoms with E-state index in [1.807, 2.05) is 0 Å². The number of thioether (sulfide) groups is 1. The number of ether oxygens (including phenoxy) is 1. The van der Waals surface area contributed by atoms with Crippen LogP contribution >= 0.6 is 27.7 Å². The summed E-state index contributed by atoms with van der Waals surface area (Å²) >= 11 is 4.23. The van der Waals surface area contributed by atoms with Crippen LogP contribution in [0.3, 0.4) is 0 Å². The van der Waals surface area contributed by atoms with Gasteiger partial charge in [-0.3, -0.25) is 14.4 Å². The average molecular weight is 391 g/mol. The number of benzene rings is 1. The normalized spacial score (nSPS) is 14.1. The highest BCUT2D eigenvalue weighted by atomic mass is 79.9. The van der Waals surface area contributed by atoms with Crippen molar-refractivity contribution in [1.82, 2.24) is 4.90 Å². The molecule has 118 valence electrons. The fourth-order valence-electron chi connectivity index (χ4n) is 1.69. The number of hydrogen-bond acceptors (Lipinski definition) is 5. The lowest BCUT2D eigenvalue weighted by atomic mass is 10.3. The first-order valence-corrected chi connectivity index (χ1v) is 8.06. The Morgan fingerprint density at radius 2 is 2.23 bits per heavy atom. The van der Waals surface area contributed by atoms with Gasteiger partial charge in [0.1, 0.15) is 12.4 Å². The zero-order valence-electron chi connectivity index (χ0n) is 11.3. The number of hydrogen-bond donors (Lipinski definition) is 1. The number of halogens is 2. The maximum absolute atomic E-state index is 13.5. The van der Waals surface area contributed by atoms with Crippen LogP contribution in [0, 0.1) is 5.82 Å². The van der Waals surface area contributed by atoms with E-state index in [2.05, 4.69) is 21.2 Å². The molecule has 2 amide bonds. The van der Waals surface area contributed by atoms with Gasteiger partial charge < -0.3 is 15.0 Å². The molecule has 0 spiro atoms. The minimum absolute atomic E-state index is 0.00429. The Morgan fingerprint density at radius 1 is 1.45 bits per heavy atom. The first-order chi connectivity index (χ1) is 10.5. The van der Waals surface area contributed by atoms with Gasteiger partial charge in [-0.1, -0.05) is 27.7 Å². The zero-order valence-corrected chi connectivity index (χ0v) is 13.7. The van der Waals surface area contributed by atoms with Gasteiger partial charge >= 0.3 is 5.97 Å². The van der Waals surface area contributed by atoms with Crippen LogP contribution in [0.2, 0.25) is 0 Å². The van der Waals surface area contributed by atoms with Gasteiger partial charge in [0.05, 0.1) is 5.69 Å². The quantitative estimate of drug-likeness (QED) is 0.780. The van der Waals surface area contributed by atoms with Gasteiger partial charge in [0.25, 0.3) is 11.1 Å². The third kappa shape index (κ3) is 4.70. The van der Waals surface area contributed by atoms with E-state index in [0.717, 1.165) is 11.8 Å². The Hall–Kier alpha value is -1.61. The van der Waals surface area contributed by atoms with Crippen molar-refractivity contribution in [3.63, 3.8) is 0 Å². The molecule has 1 fully saturated rings. The number of amides is 2. The molecule has 0 saturated carbocycles. The van der Waals surface area contributed by atoms with E-state index in [-0.39, 0.29) is 17.5 Å². The highest BCUT2D eigenvalue weighted by molar-refractivity contribution is 9.10. The number of nitrogens with zero attached hydrogens (tertiary/aromatic N) is 1. The average Bonchev–Trinajstić information content (AvgIpc) is 2.85. The molecule has 1 aromatic carbocycles. The molecule has 1 aromatic rings. The first kappa shape index (κ1) is 16.8. The molecule has 1 aliphatic rings. The van der Waals surface area contributed by atoms with Crippen molar-refractivity contribution < 1.29 is 23.5 Å². The van der Waals surface area contributed by atoms with Crippen LogP contribution in [0.1, 0.15) is 0 Å². The number of nitrogens with one attached hydrogen (secondary N) is 1. The Bertz CT molecular complexity index is 614. The van der Waals surface area contributed by atoms with Crippen LogP contribution < -0.4 is 5.32 Å². The highest BCUT2D eigenvalue weighted by Crippen LogP contribution is 2.19. The summed E-state index contributed by atoms with van der Waals surface area (Å²) in [6.07, 6.45) is 0. The Balaban J connectivity index is 1.77. The largest absolute Gasteiger partial charge is 0.454 e. The number of carbonyl (C=O) groups is 3. The second kappa shape index (κ2) is 7.59. The summed E-state index contributed by atoms with van der Waals surface area (Å²) in [6, 6.07) is 4.17. The van der Waals surface area contributed by atoms with E-state index >= 15 is 0 Å². The molecule has 0 radical (unpaired) electrons. The van der Waals surface area contributed by atoms with Crippen LogP contribution in [0.5, 0.6) is 0 Å². The topological polar surface area (TPSA) is 75.7 Å².